The quantitative estimate of drug-likeness (QED) is 0.615. The van der Waals surface area contributed by atoms with E-state index in [0.29, 0.717) is 16.9 Å². The Kier molecular flexibility index (Phi) is 4.88. The van der Waals surface area contributed by atoms with Crippen LogP contribution in [-0.4, -0.2) is 33.5 Å². The Hall–Kier alpha value is -2.08. The molecule has 6 nitrogen and oxygen atoms in total. The second-order valence-corrected chi connectivity index (χ2v) is 3.94. The smallest absolute Gasteiger partial charge is 0.254 e. The maximum Gasteiger partial charge on any atom is 0.254 e. The summed E-state index contributed by atoms with van der Waals surface area (Å²) in [6.07, 6.45) is 1.45. The number of amides is 1. The van der Waals surface area contributed by atoms with Gasteiger partial charge in [0, 0.05) is 18.2 Å². The fourth-order valence-corrected chi connectivity index (χ4v) is 1.72. The Morgan fingerprint density at radius 2 is 2.05 bits per heavy atom. The first kappa shape index (κ1) is 15.0. The van der Waals surface area contributed by atoms with Crippen LogP contribution in [0, 0.1) is 0 Å². The number of hydrogen-bond acceptors (Lipinski definition) is 5. The summed E-state index contributed by atoms with van der Waals surface area (Å²) < 4.78 is 10.5. The molecule has 0 saturated carbocycles. The number of nitrogens with zero attached hydrogens (tertiary/aromatic N) is 1. The summed E-state index contributed by atoms with van der Waals surface area (Å²) in [6.45, 7) is 1.59. The average molecular weight is 266 g/mol. The molecule has 0 aliphatic heterocycles. The van der Waals surface area contributed by atoms with Crippen LogP contribution in [0.25, 0.3) is 0 Å². The van der Waals surface area contributed by atoms with Crippen LogP contribution in [0.15, 0.2) is 23.4 Å². The van der Waals surface area contributed by atoms with E-state index in [1.54, 1.807) is 25.1 Å². The highest BCUT2D eigenvalue weighted by atomic mass is 16.6. The largest absolute Gasteiger partial charge is 0.496 e. The van der Waals surface area contributed by atoms with E-state index in [1.807, 2.05) is 0 Å². The van der Waals surface area contributed by atoms with E-state index in [2.05, 4.69) is 9.99 Å². The van der Waals surface area contributed by atoms with Gasteiger partial charge in [-0.15, -0.1) is 0 Å². The van der Waals surface area contributed by atoms with Crippen molar-refractivity contribution in [2.24, 2.45) is 10.9 Å². The molecule has 0 bridgehead atoms. The van der Waals surface area contributed by atoms with Gasteiger partial charge in [0.2, 0.25) is 0 Å². The summed E-state index contributed by atoms with van der Waals surface area (Å²) in [5, 5.41) is 3.71. The molecule has 0 saturated heterocycles. The molecule has 0 radical (unpaired) electrons. The minimum Gasteiger partial charge on any atom is -0.496 e. The lowest BCUT2D eigenvalue weighted by atomic mass is 9.90. The second-order valence-electron chi connectivity index (χ2n) is 3.94. The summed E-state index contributed by atoms with van der Waals surface area (Å²) in [5.41, 5.74) is 5.28. The van der Waals surface area contributed by atoms with Gasteiger partial charge >= 0.3 is 0 Å². The molecule has 0 aliphatic carbocycles. The molecule has 1 unspecified atom stereocenters. The molecule has 0 heterocycles. The van der Waals surface area contributed by atoms with Crippen molar-refractivity contribution in [2.45, 2.75) is 12.5 Å². The van der Waals surface area contributed by atoms with Crippen molar-refractivity contribution < 1.29 is 19.1 Å². The molecule has 1 aromatic carbocycles. The third kappa shape index (κ3) is 2.85. The fourth-order valence-electron chi connectivity index (χ4n) is 1.72. The van der Waals surface area contributed by atoms with Crippen LogP contribution in [0.4, 0.5) is 0 Å². The predicted octanol–water partition coefficient (Wildman–Crippen LogP) is 1.02. The Labute approximate surface area is 112 Å². The van der Waals surface area contributed by atoms with Gasteiger partial charge in [0.05, 0.1) is 13.3 Å². The highest BCUT2D eigenvalue weighted by Crippen LogP contribution is 2.31. The minimum atomic E-state index is -1.27. The molecular weight excluding hydrogens is 248 g/mol. The van der Waals surface area contributed by atoms with Gasteiger partial charge in [-0.3, -0.25) is 4.79 Å². The summed E-state index contributed by atoms with van der Waals surface area (Å²) in [5.74, 6) is -0.0573. The Morgan fingerprint density at radius 3 is 2.53 bits per heavy atom. The van der Waals surface area contributed by atoms with Gasteiger partial charge in [0.1, 0.15) is 12.9 Å². The van der Waals surface area contributed by atoms with Crippen LogP contribution >= 0.6 is 0 Å². The van der Waals surface area contributed by atoms with E-state index in [9.17, 15) is 4.79 Å². The van der Waals surface area contributed by atoms with Gasteiger partial charge < -0.3 is 20.0 Å². The molecule has 0 aromatic heterocycles. The second kappa shape index (κ2) is 6.19. The third-order valence-corrected chi connectivity index (χ3v) is 2.97. The number of carbonyl (C=O) groups is 1. The highest BCUT2D eigenvalue weighted by molar-refractivity contribution is 5.92. The van der Waals surface area contributed by atoms with Gasteiger partial charge in [-0.05, 0) is 13.0 Å². The summed E-state index contributed by atoms with van der Waals surface area (Å²) in [4.78, 5) is 16.3. The molecule has 6 heteroatoms. The van der Waals surface area contributed by atoms with E-state index >= 15 is 0 Å². The SMILES string of the molecule is CO/N=C/c1c(OC)cccc1C(C)(OC)C(N)=O. The third-order valence-electron chi connectivity index (χ3n) is 2.97. The van der Waals surface area contributed by atoms with Crippen molar-refractivity contribution in [2.75, 3.05) is 21.3 Å². The molecule has 1 atom stereocenters. The van der Waals surface area contributed by atoms with E-state index < -0.39 is 11.5 Å². The first-order valence-corrected chi connectivity index (χ1v) is 5.60. The summed E-state index contributed by atoms with van der Waals surface area (Å²) in [7, 11) is 4.37. The van der Waals surface area contributed by atoms with Gasteiger partial charge in [0.15, 0.2) is 5.60 Å². The Morgan fingerprint density at radius 1 is 1.37 bits per heavy atom. The van der Waals surface area contributed by atoms with Crippen LogP contribution in [0.2, 0.25) is 0 Å². The number of methoxy groups -OCH3 is 2. The molecule has 0 fully saturated rings. The maximum atomic E-state index is 11.7. The number of carbonyl (C=O) groups excluding carboxylic acids is 1. The van der Waals surface area contributed by atoms with Crippen molar-refractivity contribution in [3.8, 4) is 5.75 Å². The first-order chi connectivity index (χ1) is 9.01. The van der Waals surface area contributed by atoms with Crippen LogP contribution in [0.5, 0.6) is 5.75 Å². The molecular formula is C13H18N2O4. The molecule has 1 aromatic rings. The van der Waals surface area contributed by atoms with Crippen molar-refractivity contribution in [1.29, 1.82) is 0 Å². The number of hydrogen-bond donors (Lipinski definition) is 1. The van der Waals surface area contributed by atoms with Gasteiger partial charge in [-0.25, -0.2) is 0 Å². The molecule has 1 amide bonds. The zero-order chi connectivity index (χ0) is 14.5. The number of nitrogens with two attached hydrogens (primary N) is 1. The number of ether oxygens (including phenoxy) is 2. The van der Waals surface area contributed by atoms with E-state index in [1.165, 1.54) is 27.5 Å². The van der Waals surface area contributed by atoms with Crippen molar-refractivity contribution in [3.63, 3.8) is 0 Å². The van der Waals surface area contributed by atoms with Crippen molar-refractivity contribution >= 4 is 12.1 Å². The lowest BCUT2D eigenvalue weighted by Crippen LogP contribution is -2.41. The number of primary amides is 1. The van der Waals surface area contributed by atoms with Crippen LogP contribution in [0.1, 0.15) is 18.1 Å². The van der Waals surface area contributed by atoms with Crippen LogP contribution < -0.4 is 10.5 Å². The Balaban J connectivity index is 3.49. The summed E-state index contributed by atoms with van der Waals surface area (Å²) >= 11 is 0. The van der Waals surface area contributed by atoms with Gasteiger partial charge in [-0.2, -0.15) is 0 Å². The number of rotatable bonds is 6. The first-order valence-electron chi connectivity index (χ1n) is 5.60. The van der Waals surface area contributed by atoms with Crippen LogP contribution in [-0.2, 0) is 20.0 Å². The normalized spacial score (nSPS) is 14.1. The lowest BCUT2D eigenvalue weighted by molar-refractivity contribution is -0.139. The number of benzene rings is 1. The molecule has 104 valence electrons. The van der Waals surface area contributed by atoms with E-state index in [4.69, 9.17) is 15.2 Å². The topological polar surface area (TPSA) is 83.1 Å². The zero-order valence-corrected chi connectivity index (χ0v) is 11.5. The van der Waals surface area contributed by atoms with Crippen LogP contribution in [0.3, 0.4) is 0 Å². The van der Waals surface area contributed by atoms with E-state index in [-0.39, 0.29) is 0 Å². The maximum absolute atomic E-state index is 11.7. The molecule has 2 N–H and O–H groups in total. The summed E-state index contributed by atoms with van der Waals surface area (Å²) in [6, 6.07) is 5.23. The molecule has 19 heavy (non-hydrogen) atoms. The molecule has 1 rings (SSSR count). The standard InChI is InChI=1S/C13H18N2O4/c1-13(18-3,12(14)16)10-6-5-7-11(17-2)9(10)8-15-19-4/h5-8H,1-4H3,(H2,14,16)/b15-8+. The van der Waals surface area contributed by atoms with Crippen molar-refractivity contribution in [3.05, 3.63) is 29.3 Å². The average Bonchev–Trinajstić information content (AvgIpc) is 2.43. The zero-order valence-electron chi connectivity index (χ0n) is 11.5. The Bertz CT molecular complexity index is 488. The number of oxime groups is 1. The monoisotopic (exact) mass is 266 g/mol. The highest BCUT2D eigenvalue weighted by Gasteiger charge is 2.35. The molecule has 0 aliphatic rings. The van der Waals surface area contributed by atoms with Crippen molar-refractivity contribution in [1.82, 2.24) is 0 Å². The fraction of sp³-hybridized carbons (Fsp3) is 0.385. The van der Waals surface area contributed by atoms with Gasteiger partial charge in [-0.1, -0.05) is 17.3 Å². The van der Waals surface area contributed by atoms with Gasteiger partial charge in [0.25, 0.3) is 5.91 Å². The minimum absolute atomic E-state index is 0.544. The van der Waals surface area contributed by atoms with E-state index in [0.717, 1.165) is 0 Å². The predicted molar refractivity (Wildman–Crippen MR) is 71.2 cm³/mol. The lowest BCUT2D eigenvalue weighted by Gasteiger charge is -2.27. The molecule has 0 spiro atoms.